The van der Waals surface area contributed by atoms with Crippen LogP contribution in [-0.2, 0) is 0 Å². The van der Waals surface area contributed by atoms with Gasteiger partial charge in [0.15, 0.2) is 0 Å². The minimum absolute atomic E-state index is 0.448. The van der Waals surface area contributed by atoms with Gasteiger partial charge < -0.3 is 15.2 Å². The van der Waals surface area contributed by atoms with Crippen molar-refractivity contribution in [2.45, 2.75) is 0 Å². The Bertz CT molecular complexity index is 596. The number of nitrogen functional groups attached to an aromatic ring is 1. The van der Waals surface area contributed by atoms with E-state index in [-0.39, 0.29) is 0 Å². The van der Waals surface area contributed by atoms with E-state index in [9.17, 15) is 0 Å². The zero-order valence-corrected chi connectivity index (χ0v) is 8.99. The van der Waals surface area contributed by atoms with Crippen molar-refractivity contribution in [1.82, 2.24) is 15.1 Å². The zero-order chi connectivity index (χ0) is 11.0. The summed E-state index contributed by atoms with van der Waals surface area (Å²) in [5.74, 6) is 0.981. The van der Waals surface area contributed by atoms with Gasteiger partial charge in [0.05, 0.1) is 16.3 Å². The number of nitrogens with two attached hydrogens (primary N) is 1. The third-order valence-corrected chi connectivity index (χ3v) is 2.94. The highest BCUT2D eigenvalue weighted by Crippen LogP contribution is 2.30. The van der Waals surface area contributed by atoms with Crippen LogP contribution in [0.1, 0.15) is 0 Å². The fourth-order valence-electron chi connectivity index (χ4n) is 1.41. The van der Waals surface area contributed by atoms with Crippen LogP contribution in [0.15, 0.2) is 34.3 Å². The predicted octanol–water partition coefficient (Wildman–Crippen LogP) is 2.38. The first-order valence-electron chi connectivity index (χ1n) is 4.65. The van der Waals surface area contributed by atoms with E-state index < -0.39 is 0 Å². The molecule has 3 aromatic rings. The van der Waals surface area contributed by atoms with E-state index in [0.717, 1.165) is 11.3 Å². The summed E-state index contributed by atoms with van der Waals surface area (Å²) in [6, 6.07) is 5.63. The van der Waals surface area contributed by atoms with Gasteiger partial charge in [0.2, 0.25) is 5.82 Å². The lowest BCUT2D eigenvalue weighted by molar-refractivity contribution is 0.432. The molecule has 3 N–H and O–H groups in total. The van der Waals surface area contributed by atoms with Gasteiger partial charge in [-0.05, 0) is 23.6 Å². The van der Waals surface area contributed by atoms with E-state index in [1.165, 1.54) is 11.3 Å². The van der Waals surface area contributed by atoms with Crippen LogP contribution in [-0.4, -0.2) is 15.1 Å². The molecule has 0 unspecified atom stereocenters. The van der Waals surface area contributed by atoms with Gasteiger partial charge in [-0.15, -0.1) is 11.3 Å². The molecule has 0 spiro atoms. The van der Waals surface area contributed by atoms with Gasteiger partial charge in [0.1, 0.15) is 0 Å². The first-order valence-corrected chi connectivity index (χ1v) is 5.53. The van der Waals surface area contributed by atoms with Crippen LogP contribution in [0, 0.1) is 0 Å². The number of nitrogens with zero attached hydrogens (tertiary/aromatic N) is 2. The Hall–Kier alpha value is -2.08. The Balaban J connectivity index is 2.03. The highest BCUT2D eigenvalue weighted by Gasteiger charge is 2.13. The van der Waals surface area contributed by atoms with Gasteiger partial charge in [-0.2, -0.15) is 4.98 Å². The summed E-state index contributed by atoms with van der Waals surface area (Å²) < 4.78 is 5.16. The topological polar surface area (TPSA) is 80.7 Å². The van der Waals surface area contributed by atoms with Gasteiger partial charge in [0, 0.05) is 6.20 Å². The quantitative estimate of drug-likeness (QED) is 0.710. The van der Waals surface area contributed by atoms with Gasteiger partial charge in [-0.1, -0.05) is 5.16 Å². The van der Waals surface area contributed by atoms with Gasteiger partial charge in [-0.25, -0.2) is 0 Å². The predicted molar refractivity (Wildman–Crippen MR) is 61.8 cm³/mol. The van der Waals surface area contributed by atoms with Crippen LogP contribution in [0.2, 0.25) is 0 Å². The minimum atomic E-state index is 0.448. The largest absolute Gasteiger partial charge is 0.390 e. The molecule has 80 valence electrons. The van der Waals surface area contributed by atoms with Crippen LogP contribution >= 0.6 is 11.3 Å². The van der Waals surface area contributed by atoms with Crippen LogP contribution < -0.4 is 5.73 Å². The maximum Gasteiger partial charge on any atom is 0.261 e. The highest BCUT2D eigenvalue weighted by molar-refractivity contribution is 7.14. The third-order valence-electron chi connectivity index (χ3n) is 2.19. The molecule has 0 aliphatic heterocycles. The summed E-state index contributed by atoms with van der Waals surface area (Å²) in [5, 5.41) is 6.46. The van der Waals surface area contributed by atoms with Crippen molar-refractivity contribution >= 4 is 16.3 Å². The fourth-order valence-corrected chi connectivity index (χ4v) is 2.04. The normalized spacial score (nSPS) is 10.8. The Morgan fingerprint density at radius 1 is 1.38 bits per heavy atom. The average Bonchev–Trinajstić information content (AvgIpc) is 2.96. The summed E-state index contributed by atoms with van der Waals surface area (Å²) in [5.41, 5.74) is 7.39. The van der Waals surface area contributed by atoms with E-state index >= 15 is 0 Å². The van der Waals surface area contributed by atoms with E-state index in [1.54, 1.807) is 0 Å². The number of aromatic amines is 1. The van der Waals surface area contributed by atoms with Crippen LogP contribution in [0.25, 0.3) is 23.0 Å². The summed E-state index contributed by atoms with van der Waals surface area (Å²) >= 11 is 1.45. The standard InChI is InChI=1S/C10H8N4OS/c11-8-6(3-5-16-8)10-13-9(14-15-10)7-2-1-4-12-7/h1-5,12H,11H2. The first-order chi connectivity index (χ1) is 7.84. The maximum absolute atomic E-state index is 5.78. The highest BCUT2D eigenvalue weighted by atomic mass is 32.1. The van der Waals surface area contributed by atoms with Crippen molar-refractivity contribution in [2.24, 2.45) is 0 Å². The molecule has 0 amide bonds. The molecule has 0 aliphatic carbocycles. The van der Waals surface area contributed by atoms with E-state index in [1.807, 2.05) is 29.8 Å². The second-order valence-corrected chi connectivity index (χ2v) is 4.15. The van der Waals surface area contributed by atoms with Crippen molar-refractivity contribution in [3.05, 3.63) is 29.8 Å². The smallest absolute Gasteiger partial charge is 0.261 e. The number of nitrogens with one attached hydrogen (secondary N) is 1. The number of hydrogen-bond acceptors (Lipinski definition) is 5. The molecule has 3 heterocycles. The molecular formula is C10H8N4OS. The molecule has 0 bridgehead atoms. The molecule has 0 atom stereocenters. The number of aromatic nitrogens is 3. The minimum Gasteiger partial charge on any atom is -0.390 e. The number of anilines is 1. The molecule has 5 nitrogen and oxygen atoms in total. The zero-order valence-electron chi connectivity index (χ0n) is 8.18. The monoisotopic (exact) mass is 232 g/mol. The van der Waals surface area contributed by atoms with E-state index in [0.29, 0.717) is 16.7 Å². The van der Waals surface area contributed by atoms with Crippen LogP contribution in [0.3, 0.4) is 0 Å². The van der Waals surface area contributed by atoms with Crippen molar-refractivity contribution in [2.75, 3.05) is 5.73 Å². The molecule has 3 aromatic heterocycles. The molecule has 0 fully saturated rings. The lowest BCUT2D eigenvalue weighted by Gasteiger charge is -1.89. The molecule has 0 saturated carbocycles. The summed E-state index contributed by atoms with van der Waals surface area (Å²) in [7, 11) is 0. The number of rotatable bonds is 2. The summed E-state index contributed by atoms with van der Waals surface area (Å²) in [6.45, 7) is 0. The second-order valence-electron chi connectivity index (χ2n) is 3.21. The van der Waals surface area contributed by atoms with Gasteiger partial charge in [0.25, 0.3) is 5.89 Å². The number of hydrogen-bond donors (Lipinski definition) is 2. The van der Waals surface area contributed by atoms with E-state index in [4.69, 9.17) is 10.3 Å². The Labute approximate surface area is 94.9 Å². The van der Waals surface area contributed by atoms with Crippen molar-refractivity contribution in [1.29, 1.82) is 0 Å². The first kappa shape index (κ1) is 9.17. The molecule has 3 rings (SSSR count). The van der Waals surface area contributed by atoms with Crippen molar-refractivity contribution < 1.29 is 4.52 Å². The molecule has 16 heavy (non-hydrogen) atoms. The fraction of sp³-hybridized carbons (Fsp3) is 0. The Morgan fingerprint density at radius 3 is 3.00 bits per heavy atom. The second kappa shape index (κ2) is 3.49. The number of H-pyrrole nitrogens is 1. The third kappa shape index (κ3) is 1.40. The lowest BCUT2D eigenvalue weighted by atomic mass is 10.3. The SMILES string of the molecule is Nc1sccc1-c1nc(-c2ccc[nH]2)no1. The summed E-state index contributed by atoms with van der Waals surface area (Å²) in [6.07, 6.45) is 1.81. The molecule has 6 heteroatoms. The molecule has 0 radical (unpaired) electrons. The van der Waals surface area contributed by atoms with Gasteiger partial charge in [-0.3, -0.25) is 0 Å². The van der Waals surface area contributed by atoms with Crippen molar-refractivity contribution in [3.63, 3.8) is 0 Å². The lowest BCUT2D eigenvalue weighted by Crippen LogP contribution is -1.84. The number of thiophene rings is 1. The maximum atomic E-state index is 5.78. The van der Waals surface area contributed by atoms with Crippen LogP contribution in [0.5, 0.6) is 0 Å². The van der Waals surface area contributed by atoms with E-state index in [2.05, 4.69) is 15.1 Å². The summed E-state index contributed by atoms with van der Waals surface area (Å²) in [4.78, 5) is 7.29. The molecule has 0 aromatic carbocycles. The van der Waals surface area contributed by atoms with Gasteiger partial charge >= 0.3 is 0 Å². The Morgan fingerprint density at radius 2 is 2.31 bits per heavy atom. The van der Waals surface area contributed by atoms with Crippen molar-refractivity contribution in [3.8, 4) is 23.0 Å². The van der Waals surface area contributed by atoms with Crippen LogP contribution in [0.4, 0.5) is 5.00 Å². The molecule has 0 saturated heterocycles. The average molecular weight is 232 g/mol. The Kier molecular flexibility index (Phi) is 2.00. The molecule has 0 aliphatic rings. The molecular weight excluding hydrogens is 224 g/mol.